The number of nitrogens with one attached hydrogen (secondary N) is 1. The Bertz CT molecular complexity index is 524. The maximum atomic E-state index is 12.0. The highest BCUT2D eigenvalue weighted by Crippen LogP contribution is 2.25. The zero-order valence-corrected chi connectivity index (χ0v) is 13.5. The molecule has 20 heavy (non-hydrogen) atoms. The Balaban J connectivity index is 2.64. The molecule has 2 amide bonds. The fourth-order valence-corrected chi connectivity index (χ4v) is 1.93. The fraction of sp³-hybridized carbons (Fsp3) is 0.429. The van der Waals surface area contributed by atoms with Crippen molar-refractivity contribution >= 4 is 40.7 Å². The van der Waals surface area contributed by atoms with E-state index in [2.05, 4.69) is 5.32 Å². The topological polar surface area (TPSA) is 49.4 Å². The Labute approximate surface area is 129 Å². The van der Waals surface area contributed by atoms with E-state index in [1.165, 1.54) is 4.90 Å². The van der Waals surface area contributed by atoms with Crippen LogP contribution in [0.5, 0.6) is 0 Å². The zero-order chi connectivity index (χ0) is 15.5. The van der Waals surface area contributed by atoms with Crippen LogP contribution in [-0.2, 0) is 9.59 Å². The predicted octanol–water partition coefficient (Wildman–Crippen LogP) is 3.44. The van der Waals surface area contributed by atoms with Crippen molar-refractivity contribution in [1.82, 2.24) is 4.90 Å². The van der Waals surface area contributed by atoms with E-state index >= 15 is 0 Å². The number of nitrogens with zero attached hydrogens (tertiary/aromatic N) is 1. The highest BCUT2D eigenvalue weighted by atomic mass is 35.5. The van der Waals surface area contributed by atoms with Gasteiger partial charge in [-0.1, -0.05) is 44.0 Å². The Hall–Kier alpha value is -1.26. The number of likely N-dealkylation sites (N-methyl/N-ethyl adjacent to an activating group) is 1. The molecule has 0 radical (unpaired) electrons. The van der Waals surface area contributed by atoms with E-state index in [0.717, 1.165) is 0 Å². The molecule has 6 heteroatoms. The number of hydrogen-bond acceptors (Lipinski definition) is 2. The molecule has 0 spiro atoms. The van der Waals surface area contributed by atoms with Gasteiger partial charge in [0.05, 0.1) is 16.6 Å². The lowest BCUT2D eigenvalue weighted by Gasteiger charge is -2.25. The van der Waals surface area contributed by atoms with Gasteiger partial charge in [0.2, 0.25) is 11.8 Å². The van der Waals surface area contributed by atoms with E-state index in [1.54, 1.807) is 25.2 Å². The Morgan fingerprint density at radius 2 is 1.80 bits per heavy atom. The first kappa shape index (κ1) is 16.8. The second-order valence-corrected chi connectivity index (χ2v) is 6.40. The summed E-state index contributed by atoms with van der Waals surface area (Å²) in [5, 5.41) is 3.46. The van der Waals surface area contributed by atoms with E-state index < -0.39 is 5.41 Å². The molecule has 1 aromatic rings. The van der Waals surface area contributed by atoms with Gasteiger partial charge < -0.3 is 10.2 Å². The van der Waals surface area contributed by atoms with Crippen molar-refractivity contribution in [3.8, 4) is 0 Å². The summed E-state index contributed by atoms with van der Waals surface area (Å²) in [6.45, 7) is 5.41. The summed E-state index contributed by atoms with van der Waals surface area (Å²) >= 11 is 11.7. The van der Waals surface area contributed by atoms with E-state index in [-0.39, 0.29) is 18.4 Å². The fourth-order valence-electron chi connectivity index (χ4n) is 1.63. The second kappa shape index (κ2) is 6.46. The summed E-state index contributed by atoms with van der Waals surface area (Å²) in [6, 6.07) is 4.81. The minimum Gasteiger partial charge on any atom is -0.336 e. The smallest absolute Gasteiger partial charge is 0.243 e. The monoisotopic (exact) mass is 316 g/mol. The number of rotatable bonds is 3. The standard InChI is InChI=1S/C14H18Cl2N2O2/c1-14(2,3)13(20)18(4)8-12(19)17-9-5-6-10(15)11(16)7-9/h5-7H,8H2,1-4H3,(H,17,19). The van der Waals surface area contributed by atoms with Crippen molar-refractivity contribution in [3.05, 3.63) is 28.2 Å². The largest absolute Gasteiger partial charge is 0.336 e. The van der Waals surface area contributed by atoms with E-state index in [0.29, 0.717) is 15.7 Å². The van der Waals surface area contributed by atoms with Crippen molar-refractivity contribution in [3.63, 3.8) is 0 Å². The molecular weight excluding hydrogens is 299 g/mol. The van der Waals surface area contributed by atoms with Crippen LogP contribution in [0.1, 0.15) is 20.8 Å². The summed E-state index contributed by atoms with van der Waals surface area (Å²) in [5.41, 5.74) is 0.0273. The van der Waals surface area contributed by atoms with Crippen LogP contribution in [0.3, 0.4) is 0 Å². The number of carbonyl (C=O) groups excluding carboxylic acids is 2. The normalized spacial score (nSPS) is 11.1. The van der Waals surface area contributed by atoms with Crippen molar-refractivity contribution in [2.24, 2.45) is 5.41 Å². The quantitative estimate of drug-likeness (QED) is 0.928. The molecule has 1 aromatic carbocycles. The molecule has 0 saturated heterocycles. The number of benzene rings is 1. The van der Waals surface area contributed by atoms with Gasteiger partial charge in [-0.05, 0) is 18.2 Å². The van der Waals surface area contributed by atoms with Gasteiger partial charge in [-0.15, -0.1) is 0 Å². The van der Waals surface area contributed by atoms with Crippen LogP contribution in [0.4, 0.5) is 5.69 Å². The highest BCUT2D eigenvalue weighted by molar-refractivity contribution is 6.42. The van der Waals surface area contributed by atoms with Gasteiger partial charge in [-0.3, -0.25) is 9.59 Å². The minimum absolute atomic E-state index is 0.0175. The van der Waals surface area contributed by atoms with Crippen molar-refractivity contribution in [2.75, 3.05) is 18.9 Å². The molecule has 0 fully saturated rings. The second-order valence-electron chi connectivity index (χ2n) is 5.59. The van der Waals surface area contributed by atoms with Crippen molar-refractivity contribution in [2.45, 2.75) is 20.8 Å². The molecule has 110 valence electrons. The van der Waals surface area contributed by atoms with Gasteiger partial charge >= 0.3 is 0 Å². The summed E-state index contributed by atoms with van der Waals surface area (Å²) in [4.78, 5) is 25.2. The van der Waals surface area contributed by atoms with Crippen LogP contribution in [0, 0.1) is 5.41 Å². The van der Waals surface area contributed by atoms with Crippen LogP contribution in [0.25, 0.3) is 0 Å². The number of halogens is 2. The van der Waals surface area contributed by atoms with Gasteiger partial charge in [0.1, 0.15) is 0 Å². The molecule has 1 N–H and O–H groups in total. The third-order valence-corrected chi connectivity index (χ3v) is 3.31. The van der Waals surface area contributed by atoms with Crippen LogP contribution >= 0.6 is 23.2 Å². The molecule has 0 aliphatic rings. The summed E-state index contributed by atoms with van der Waals surface area (Å²) < 4.78 is 0. The first-order valence-electron chi connectivity index (χ1n) is 6.11. The number of carbonyl (C=O) groups is 2. The lowest BCUT2D eigenvalue weighted by molar-refractivity contribution is -0.140. The SMILES string of the molecule is CN(CC(=O)Nc1ccc(Cl)c(Cl)c1)C(=O)C(C)(C)C. The Morgan fingerprint density at radius 1 is 1.20 bits per heavy atom. The highest BCUT2D eigenvalue weighted by Gasteiger charge is 2.26. The van der Waals surface area contributed by atoms with Gasteiger partial charge in [0.15, 0.2) is 0 Å². The van der Waals surface area contributed by atoms with Gasteiger partial charge in [0.25, 0.3) is 0 Å². The first-order chi connectivity index (χ1) is 9.11. The van der Waals surface area contributed by atoms with Crippen molar-refractivity contribution in [1.29, 1.82) is 0 Å². The molecule has 0 heterocycles. The average Bonchev–Trinajstić information content (AvgIpc) is 2.31. The number of amides is 2. The molecule has 0 saturated carbocycles. The van der Waals surface area contributed by atoms with Crippen molar-refractivity contribution < 1.29 is 9.59 Å². The number of anilines is 1. The predicted molar refractivity (Wildman–Crippen MR) is 82.2 cm³/mol. The van der Waals surface area contributed by atoms with E-state index in [4.69, 9.17) is 23.2 Å². The molecule has 0 unspecified atom stereocenters. The molecule has 4 nitrogen and oxygen atoms in total. The third-order valence-electron chi connectivity index (χ3n) is 2.57. The number of hydrogen-bond donors (Lipinski definition) is 1. The molecular formula is C14H18Cl2N2O2. The molecule has 1 rings (SSSR count). The third kappa shape index (κ3) is 4.69. The lowest BCUT2D eigenvalue weighted by atomic mass is 9.95. The average molecular weight is 317 g/mol. The molecule has 0 aliphatic heterocycles. The van der Waals surface area contributed by atoms with Crippen LogP contribution in [0.2, 0.25) is 10.0 Å². The Kier molecular flexibility index (Phi) is 5.42. The molecule has 0 aliphatic carbocycles. The minimum atomic E-state index is -0.515. The van der Waals surface area contributed by atoms with E-state index in [9.17, 15) is 9.59 Å². The molecule has 0 bridgehead atoms. The Morgan fingerprint density at radius 3 is 2.30 bits per heavy atom. The van der Waals surface area contributed by atoms with E-state index in [1.807, 2.05) is 20.8 Å². The zero-order valence-electron chi connectivity index (χ0n) is 12.0. The first-order valence-corrected chi connectivity index (χ1v) is 6.87. The van der Waals surface area contributed by atoms with Crippen LogP contribution in [0.15, 0.2) is 18.2 Å². The maximum Gasteiger partial charge on any atom is 0.243 e. The van der Waals surface area contributed by atoms with Gasteiger partial charge in [-0.2, -0.15) is 0 Å². The summed E-state index contributed by atoms with van der Waals surface area (Å²) in [7, 11) is 1.60. The summed E-state index contributed by atoms with van der Waals surface area (Å²) in [5.74, 6) is -0.384. The lowest BCUT2D eigenvalue weighted by Crippen LogP contribution is -2.41. The van der Waals surface area contributed by atoms with Gasteiger partial charge in [-0.25, -0.2) is 0 Å². The molecule has 0 aromatic heterocycles. The summed E-state index contributed by atoms with van der Waals surface area (Å²) in [6.07, 6.45) is 0. The molecule has 0 atom stereocenters. The van der Waals surface area contributed by atoms with Gasteiger partial charge in [0, 0.05) is 18.2 Å². The van der Waals surface area contributed by atoms with Crippen LogP contribution in [-0.4, -0.2) is 30.3 Å². The maximum absolute atomic E-state index is 12.0. The van der Waals surface area contributed by atoms with Crippen LogP contribution < -0.4 is 5.32 Å².